The third-order valence-corrected chi connectivity index (χ3v) is 5.41. The van der Waals surface area contributed by atoms with Gasteiger partial charge >= 0.3 is 0 Å². The third-order valence-electron chi connectivity index (χ3n) is 4.13. The fourth-order valence-corrected chi connectivity index (χ4v) is 3.66. The lowest BCUT2D eigenvalue weighted by Crippen LogP contribution is -2.41. The van der Waals surface area contributed by atoms with Crippen molar-refractivity contribution < 1.29 is 9.53 Å². The Bertz CT molecular complexity index is 703. The molecule has 0 saturated carbocycles. The SMILES string of the molecule is Cc1csc(C(C)(C)NC(=O)c2cccc(C3CCOC3)c2)n1. The predicted octanol–water partition coefficient (Wildman–Crippen LogP) is 3.62. The van der Waals surface area contributed by atoms with Gasteiger partial charge in [0.2, 0.25) is 0 Å². The average Bonchev–Trinajstić information content (AvgIpc) is 3.18. The highest BCUT2D eigenvalue weighted by atomic mass is 32.1. The summed E-state index contributed by atoms with van der Waals surface area (Å²) in [7, 11) is 0. The molecule has 1 atom stereocenters. The largest absolute Gasteiger partial charge is 0.381 e. The number of nitrogens with zero attached hydrogens (tertiary/aromatic N) is 1. The highest BCUT2D eigenvalue weighted by Crippen LogP contribution is 2.27. The number of aromatic nitrogens is 1. The van der Waals surface area contributed by atoms with Crippen LogP contribution in [0.25, 0.3) is 0 Å². The first kappa shape index (κ1) is 16.1. The van der Waals surface area contributed by atoms with E-state index in [4.69, 9.17) is 4.74 Å². The third kappa shape index (κ3) is 3.62. The maximum Gasteiger partial charge on any atom is 0.252 e. The van der Waals surface area contributed by atoms with E-state index in [0.29, 0.717) is 11.5 Å². The van der Waals surface area contributed by atoms with Gasteiger partial charge in [-0.1, -0.05) is 12.1 Å². The molecule has 23 heavy (non-hydrogen) atoms. The molecule has 1 saturated heterocycles. The number of carbonyl (C=O) groups is 1. The number of rotatable bonds is 4. The molecular formula is C18H22N2O2S. The lowest BCUT2D eigenvalue weighted by molar-refractivity contribution is 0.0911. The van der Waals surface area contributed by atoms with Crippen LogP contribution in [0.2, 0.25) is 0 Å². The summed E-state index contributed by atoms with van der Waals surface area (Å²) < 4.78 is 5.45. The van der Waals surface area contributed by atoms with Crippen LogP contribution in [0.3, 0.4) is 0 Å². The quantitative estimate of drug-likeness (QED) is 0.931. The topological polar surface area (TPSA) is 51.2 Å². The molecule has 1 aromatic carbocycles. The molecule has 1 N–H and O–H groups in total. The zero-order valence-corrected chi connectivity index (χ0v) is 14.6. The van der Waals surface area contributed by atoms with E-state index in [0.717, 1.165) is 30.3 Å². The van der Waals surface area contributed by atoms with Crippen molar-refractivity contribution in [2.45, 2.75) is 38.6 Å². The first-order valence-electron chi connectivity index (χ1n) is 7.88. The number of hydrogen-bond acceptors (Lipinski definition) is 4. The maximum atomic E-state index is 12.6. The van der Waals surface area contributed by atoms with Gasteiger partial charge in [-0.2, -0.15) is 0 Å². The van der Waals surface area contributed by atoms with E-state index in [1.54, 1.807) is 11.3 Å². The molecule has 1 fully saturated rings. The summed E-state index contributed by atoms with van der Waals surface area (Å²) in [6.45, 7) is 7.48. The Hall–Kier alpha value is -1.72. The van der Waals surface area contributed by atoms with Crippen molar-refractivity contribution in [3.05, 3.63) is 51.5 Å². The lowest BCUT2D eigenvalue weighted by Gasteiger charge is -2.24. The molecule has 0 radical (unpaired) electrons. The first-order chi connectivity index (χ1) is 11.0. The van der Waals surface area contributed by atoms with Gasteiger partial charge in [0, 0.05) is 29.2 Å². The number of thiazole rings is 1. The molecular weight excluding hydrogens is 308 g/mol. The molecule has 1 unspecified atom stereocenters. The minimum Gasteiger partial charge on any atom is -0.381 e. The van der Waals surface area contributed by atoms with E-state index in [9.17, 15) is 4.79 Å². The minimum absolute atomic E-state index is 0.0661. The first-order valence-corrected chi connectivity index (χ1v) is 8.76. The smallest absolute Gasteiger partial charge is 0.252 e. The van der Waals surface area contributed by atoms with Crippen molar-refractivity contribution in [3.8, 4) is 0 Å². The van der Waals surface area contributed by atoms with Gasteiger partial charge in [-0.3, -0.25) is 4.79 Å². The van der Waals surface area contributed by atoms with Gasteiger partial charge in [-0.25, -0.2) is 4.98 Å². The Balaban J connectivity index is 1.76. The molecule has 3 rings (SSSR count). The Morgan fingerprint density at radius 3 is 2.91 bits per heavy atom. The summed E-state index contributed by atoms with van der Waals surface area (Å²) in [4.78, 5) is 17.1. The highest BCUT2D eigenvalue weighted by molar-refractivity contribution is 7.09. The van der Waals surface area contributed by atoms with Crippen LogP contribution >= 0.6 is 11.3 Å². The Morgan fingerprint density at radius 2 is 2.26 bits per heavy atom. The Kier molecular flexibility index (Phi) is 4.50. The molecule has 122 valence electrons. The summed E-state index contributed by atoms with van der Waals surface area (Å²) in [5.74, 6) is 0.334. The van der Waals surface area contributed by atoms with Crippen LogP contribution in [-0.4, -0.2) is 24.1 Å². The Morgan fingerprint density at radius 1 is 1.43 bits per heavy atom. The number of hydrogen-bond donors (Lipinski definition) is 1. The van der Waals surface area contributed by atoms with E-state index in [2.05, 4.69) is 16.4 Å². The number of ether oxygens (including phenoxy) is 1. The standard InChI is InChI=1S/C18H22N2O2S/c1-12-11-23-17(19-12)18(2,3)20-16(21)14-6-4-5-13(9-14)15-7-8-22-10-15/h4-6,9,11,15H,7-8,10H2,1-3H3,(H,20,21). The van der Waals surface area contributed by atoms with Crippen LogP contribution in [0.4, 0.5) is 0 Å². The highest BCUT2D eigenvalue weighted by Gasteiger charge is 2.27. The number of benzene rings is 1. The van der Waals surface area contributed by atoms with Crippen LogP contribution < -0.4 is 5.32 Å². The van der Waals surface area contributed by atoms with E-state index >= 15 is 0 Å². The number of nitrogens with one attached hydrogen (secondary N) is 1. The number of carbonyl (C=O) groups excluding carboxylic acids is 1. The molecule has 1 amide bonds. The van der Waals surface area contributed by atoms with Gasteiger partial charge in [0.05, 0.1) is 12.1 Å². The molecule has 1 aromatic heterocycles. The van der Waals surface area contributed by atoms with Crippen molar-refractivity contribution in [2.24, 2.45) is 0 Å². The molecule has 4 nitrogen and oxygen atoms in total. The second kappa shape index (κ2) is 6.42. The van der Waals surface area contributed by atoms with Crippen LogP contribution in [0.15, 0.2) is 29.6 Å². The molecule has 1 aliphatic rings. The van der Waals surface area contributed by atoms with Crippen molar-refractivity contribution in [1.29, 1.82) is 0 Å². The fraction of sp³-hybridized carbons (Fsp3) is 0.444. The molecule has 5 heteroatoms. The summed E-state index contributed by atoms with van der Waals surface area (Å²) in [5, 5.41) is 6.02. The van der Waals surface area contributed by atoms with Gasteiger partial charge < -0.3 is 10.1 Å². The molecule has 2 heterocycles. The summed E-state index contributed by atoms with van der Waals surface area (Å²) in [6.07, 6.45) is 1.02. The molecule has 0 aliphatic carbocycles. The van der Waals surface area contributed by atoms with E-state index in [-0.39, 0.29) is 5.91 Å². The van der Waals surface area contributed by atoms with Crippen molar-refractivity contribution in [3.63, 3.8) is 0 Å². The zero-order valence-electron chi connectivity index (χ0n) is 13.8. The van der Waals surface area contributed by atoms with Crippen LogP contribution in [-0.2, 0) is 10.3 Å². The summed E-state index contributed by atoms with van der Waals surface area (Å²) in [6, 6.07) is 7.87. The second-order valence-corrected chi connectivity index (χ2v) is 7.42. The van der Waals surface area contributed by atoms with Crippen molar-refractivity contribution >= 4 is 17.2 Å². The van der Waals surface area contributed by atoms with Gasteiger partial charge in [-0.15, -0.1) is 11.3 Å². The minimum atomic E-state index is -0.484. The zero-order chi connectivity index (χ0) is 16.4. The molecule has 0 bridgehead atoms. The van der Waals surface area contributed by atoms with Crippen LogP contribution in [0.1, 0.15) is 52.8 Å². The van der Waals surface area contributed by atoms with Gasteiger partial charge in [0.1, 0.15) is 5.01 Å². The second-order valence-electron chi connectivity index (χ2n) is 6.56. The van der Waals surface area contributed by atoms with Gasteiger partial charge in [0.25, 0.3) is 5.91 Å². The maximum absolute atomic E-state index is 12.6. The monoisotopic (exact) mass is 330 g/mol. The number of amides is 1. The Labute approximate surface area is 140 Å². The average molecular weight is 330 g/mol. The molecule has 1 aliphatic heterocycles. The normalized spacial score (nSPS) is 18.1. The van der Waals surface area contributed by atoms with Crippen LogP contribution in [0, 0.1) is 6.92 Å². The summed E-state index contributed by atoms with van der Waals surface area (Å²) in [5.41, 5.74) is 2.37. The van der Waals surface area contributed by atoms with Gasteiger partial charge in [-0.05, 0) is 44.9 Å². The lowest BCUT2D eigenvalue weighted by atomic mass is 9.96. The molecule has 0 spiro atoms. The van der Waals surface area contributed by atoms with Crippen LogP contribution in [0.5, 0.6) is 0 Å². The van der Waals surface area contributed by atoms with E-state index in [1.165, 1.54) is 5.56 Å². The van der Waals surface area contributed by atoms with Crippen molar-refractivity contribution in [1.82, 2.24) is 10.3 Å². The van der Waals surface area contributed by atoms with Gasteiger partial charge in [0.15, 0.2) is 0 Å². The van der Waals surface area contributed by atoms with E-state index in [1.807, 2.05) is 44.4 Å². The number of aryl methyl sites for hydroxylation is 1. The molecule has 2 aromatic rings. The van der Waals surface area contributed by atoms with E-state index < -0.39 is 5.54 Å². The predicted molar refractivity (Wildman–Crippen MR) is 92.0 cm³/mol. The van der Waals surface area contributed by atoms with Crippen molar-refractivity contribution in [2.75, 3.05) is 13.2 Å². The summed E-state index contributed by atoms with van der Waals surface area (Å²) >= 11 is 1.57. The fourth-order valence-electron chi connectivity index (χ4n) is 2.78.